The standard InChI is InChI=1S/C11H9F2NO5/c12-9(13)7-2-1-5(4-14-7)8(15)3-6(10(16)17)11(18)19/h1-2,4,6,9H,3H2,(H,16,17)(H,18,19). The summed E-state index contributed by atoms with van der Waals surface area (Å²) in [5.41, 5.74) is -0.638. The van der Waals surface area contributed by atoms with E-state index in [1.165, 1.54) is 0 Å². The third kappa shape index (κ3) is 3.80. The first kappa shape index (κ1) is 14.7. The molecule has 8 heteroatoms. The second-order valence-electron chi connectivity index (χ2n) is 3.63. The predicted octanol–water partition coefficient (Wildman–Crippen LogP) is 1.38. The zero-order valence-corrected chi connectivity index (χ0v) is 9.42. The van der Waals surface area contributed by atoms with E-state index in [4.69, 9.17) is 10.2 Å². The van der Waals surface area contributed by atoms with Gasteiger partial charge in [-0.15, -0.1) is 0 Å². The van der Waals surface area contributed by atoms with Gasteiger partial charge in [0.1, 0.15) is 5.69 Å². The maximum Gasteiger partial charge on any atom is 0.318 e. The number of ketones is 1. The number of carboxylic acid groups (broad SMARTS) is 2. The fourth-order valence-electron chi connectivity index (χ4n) is 1.28. The lowest BCUT2D eigenvalue weighted by molar-refractivity contribution is -0.154. The minimum absolute atomic E-state index is 0.114. The Morgan fingerprint density at radius 2 is 1.74 bits per heavy atom. The van der Waals surface area contributed by atoms with Crippen molar-refractivity contribution in [3.05, 3.63) is 29.6 Å². The van der Waals surface area contributed by atoms with Gasteiger partial charge in [-0.3, -0.25) is 19.4 Å². The van der Waals surface area contributed by atoms with Crippen molar-refractivity contribution in [2.45, 2.75) is 12.8 Å². The molecular weight excluding hydrogens is 264 g/mol. The van der Waals surface area contributed by atoms with Gasteiger partial charge in [0.2, 0.25) is 0 Å². The maximum absolute atomic E-state index is 12.2. The smallest absolute Gasteiger partial charge is 0.318 e. The first-order valence-corrected chi connectivity index (χ1v) is 5.06. The molecule has 0 spiro atoms. The molecule has 1 rings (SSSR count). The van der Waals surface area contributed by atoms with Crippen LogP contribution in [0, 0.1) is 5.92 Å². The first-order valence-electron chi connectivity index (χ1n) is 5.06. The largest absolute Gasteiger partial charge is 0.481 e. The Hall–Kier alpha value is -2.38. The van der Waals surface area contributed by atoms with E-state index in [9.17, 15) is 23.2 Å². The van der Waals surface area contributed by atoms with Gasteiger partial charge in [0.25, 0.3) is 6.43 Å². The van der Waals surface area contributed by atoms with Crippen LogP contribution in [0.5, 0.6) is 0 Å². The van der Waals surface area contributed by atoms with Gasteiger partial charge >= 0.3 is 11.9 Å². The van der Waals surface area contributed by atoms with Gasteiger partial charge in [-0.1, -0.05) is 0 Å². The van der Waals surface area contributed by atoms with E-state index >= 15 is 0 Å². The molecule has 0 atom stereocenters. The number of aliphatic carboxylic acids is 2. The lowest BCUT2D eigenvalue weighted by atomic mass is 9.99. The molecule has 0 bridgehead atoms. The minimum Gasteiger partial charge on any atom is -0.481 e. The number of hydrogen-bond acceptors (Lipinski definition) is 4. The summed E-state index contributed by atoms with van der Waals surface area (Å²) in [7, 11) is 0. The highest BCUT2D eigenvalue weighted by Gasteiger charge is 2.29. The zero-order valence-electron chi connectivity index (χ0n) is 9.42. The van der Waals surface area contributed by atoms with Crippen LogP contribution in [-0.4, -0.2) is 32.9 Å². The summed E-state index contributed by atoms with van der Waals surface area (Å²) >= 11 is 0. The van der Waals surface area contributed by atoms with Crippen molar-refractivity contribution in [1.29, 1.82) is 0 Å². The van der Waals surface area contributed by atoms with E-state index in [0.29, 0.717) is 0 Å². The van der Waals surface area contributed by atoms with E-state index in [2.05, 4.69) is 4.98 Å². The van der Waals surface area contributed by atoms with Crippen LogP contribution >= 0.6 is 0 Å². The molecule has 6 nitrogen and oxygen atoms in total. The Morgan fingerprint density at radius 3 is 2.11 bits per heavy atom. The molecule has 0 saturated carbocycles. The van der Waals surface area contributed by atoms with Crippen molar-refractivity contribution in [3.63, 3.8) is 0 Å². The molecule has 2 N–H and O–H groups in total. The van der Waals surface area contributed by atoms with E-state index in [-0.39, 0.29) is 5.56 Å². The predicted molar refractivity (Wildman–Crippen MR) is 56.9 cm³/mol. The number of carboxylic acids is 2. The number of Topliss-reactive ketones (excluding diaryl/α,β-unsaturated/α-hetero) is 1. The summed E-state index contributed by atoms with van der Waals surface area (Å²) < 4.78 is 24.4. The molecular formula is C11H9F2NO5. The summed E-state index contributed by atoms with van der Waals surface area (Å²) in [6.07, 6.45) is -2.68. The van der Waals surface area contributed by atoms with Crippen molar-refractivity contribution < 1.29 is 33.4 Å². The maximum atomic E-state index is 12.2. The fraction of sp³-hybridized carbons (Fsp3) is 0.273. The number of nitrogens with zero attached hydrogens (tertiary/aromatic N) is 1. The van der Waals surface area contributed by atoms with E-state index in [1.54, 1.807) is 0 Å². The van der Waals surface area contributed by atoms with Gasteiger partial charge in [-0.05, 0) is 12.1 Å². The molecule has 19 heavy (non-hydrogen) atoms. The lowest BCUT2D eigenvalue weighted by Gasteiger charge is -2.06. The van der Waals surface area contributed by atoms with Gasteiger partial charge < -0.3 is 10.2 Å². The van der Waals surface area contributed by atoms with Crippen molar-refractivity contribution in [3.8, 4) is 0 Å². The number of hydrogen-bond donors (Lipinski definition) is 2. The van der Waals surface area contributed by atoms with Gasteiger partial charge in [0.05, 0.1) is 0 Å². The highest BCUT2D eigenvalue weighted by Crippen LogP contribution is 2.17. The fourth-order valence-corrected chi connectivity index (χ4v) is 1.28. The summed E-state index contributed by atoms with van der Waals surface area (Å²) in [6, 6.07) is 1.98. The number of halogens is 2. The third-order valence-corrected chi connectivity index (χ3v) is 2.32. The Balaban J connectivity index is 2.83. The van der Waals surface area contributed by atoms with Crippen LogP contribution in [0.4, 0.5) is 8.78 Å². The molecule has 0 amide bonds. The molecule has 0 aliphatic rings. The second kappa shape index (κ2) is 5.98. The second-order valence-corrected chi connectivity index (χ2v) is 3.63. The SMILES string of the molecule is O=C(CC(C(=O)O)C(=O)O)c1ccc(C(F)F)nc1. The molecule has 0 unspecified atom stereocenters. The summed E-state index contributed by atoms with van der Waals surface area (Å²) in [5.74, 6) is -5.94. The average molecular weight is 273 g/mol. The number of aromatic nitrogens is 1. The highest BCUT2D eigenvalue weighted by molar-refractivity contribution is 6.03. The molecule has 1 aromatic rings. The summed E-state index contributed by atoms with van der Waals surface area (Å²) in [6.45, 7) is 0. The lowest BCUT2D eigenvalue weighted by Crippen LogP contribution is -2.26. The molecule has 102 valence electrons. The quantitative estimate of drug-likeness (QED) is 0.599. The molecule has 0 saturated heterocycles. The van der Waals surface area contributed by atoms with Gasteiger partial charge in [0, 0.05) is 18.2 Å². The van der Waals surface area contributed by atoms with Crippen LogP contribution in [0.3, 0.4) is 0 Å². The Kier molecular flexibility index (Phi) is 4.62. The molecule has 0 aliphatic carbocycles. The highest BCUT2D eigenvalue weighted by atomic mass is 19.3. The van der Waals surface area contributed by atoms with Gasteiger partial charge in [0.15, 0.2) is 11.7 Å². The van der Waals surface area contributed by atoms with Crippen LogP contribution in [0.15, 0.2) is 18.3 Å². The molecule has 0 aromatic carbocycles. The van der Waals surface area contributed by atoms with Crippen LogP contribution in [-0.2, 0) is 9.59 Å². The number of pyridine rings is 1. The van der Waals surface area contributed by atoms with Crippen LogP contribution in [0.1, 0.15) is 28.9 Å². The minimum atomic E-state index is -2.78. The van der Waals surface area contributed by atoms with Crippen LogP contribution in [0.2, 0.25) is 0 Å². The summed E-state index contributed by atoms with van der Waals surface area (Å²) in [5, 5.41) is 17.2. The van der Waals surface area contributed by atoms with Crippen LogP contribution in [0.25, 0.3) is 0 Å². The van der Waals surface area contributed by atoms with Crippen molar-refractivity contribution in [2.24, 2.45) is 5.92 Å². The third-order valence-electron chi connectivity index (χ3n) is 2.32. The average Bonchev–Trinajstić information content (AvgIpc) is 2.34. The molecule has 1 aromatic heterocycles. The van der Waals surface area contributed by atoms with Gasteiger partial charge in [-0.25, -0.2) is 8.78 Å². The normalized spacial score (nSPS) is 10.7. The Morgan fingerprint density at radius 1 is 1.16 bits per heavy atom. The molecule has 1 heterocycles. The molecule has 0 aliphatic heterocycles. The van der Waals surface area contributed by atoms with Crippen LogP contribution < -0.4 is 0 Å². The molecule has 0 radical (unpaired) electrons. The van der Waals surface area contributed by atoms with E-state index in [1.807, 2.05) is 0 Å². The monoisotopic (exact) mass is 273 g/mol. The number of carbonyl (C=O) groups excluding carboxylic acids is 1. The molecule has 0 fully saturated rings. The van der Waals surface area contributed by atoms with Crippen molar-refractivity contribution >= 4 is 17.7 Å². The summed E-state index contributed by atoms with van der Waals surface area (Å²) in [4.78, 5) is 36.1. The Labute approximate surface area is 105 Å². The van der Waals surface area contributed by atoms with E-state index < -0.39 is 42.2 Å². The van der Waals surface area contributed by atoms with E-state index in [0.717, 1.165) is 18.3 Å². The number of rotatable bonds is 6. The van der Waals surface area contributed by atoms with Crippen molar-refractivity contribution in [1.82, 2.24) is 4.98 Å². The first-order chi connectivity index (χ1) is 8.82. The number of carbonyl (C=O) groups is 3. The van der Waals surface area contributed by atoms with Crippen molar-refractivity contribution in [2.75, 3.05) is 0 Å². The van der Waals surface area contributed by atoms with Gasteiger partial charge in [-0.2, -0.15) is 0 Å². The Bertz CT molecular complexity index is 486. The number of alkyl halides is 2. The topological polar surface area (TPSA) is 105 Å². The zero-order chi connectivity index (χ0) is 14.6.